The average molecular weight is 193 g/mol. The number of halogens is 1. The average Bonchev–Trinajstić information content (AvgIpc) is 2.70. The Morgan fingerprint density at radius 3 is 2.79 bits per heavy atom. The van der Waals surface area contributed by atoms with Crippen LogP contribution >= 0.6 is 0 Å². The predicted molar refractivity (Wildman–Crippen MR) is 47.9 cm³/mol. The van der Waals surface area contributed by atoms with Gasteiger partial charge in [-0.2, -0.15) is 5.10 Å². The quantitative estimate of drug-likeness (QED) is 0.761. The highest BCUT2D eigenvalue weighted by Crippen LogP contribution is 2.00. The Hall–Kier alpha value is -1.98. The van der Waals surface area contributed by atoms with Gasteiger partial charge < -0.3 is 5.32 Å². The standard InChI is InChI=1S/C8H8FN5/c9-6-3-10-8(11-4-6)12-5-7-1-2-13-14-7/h1-4H,5H2,(H,13,14)(H,10,11,12). The monoisotopic (exact) mass is 193 g/mol. The molecule has 2 N–H and O–H groups in total. The van der Waals surface area contributed by atoms with Gasteiger partial charge in [-0.1, -0.05) is 0 Å². The molecule has 0 amide bonds. The first-order chi connectivity index (χ1) is 6.84. The Balaban J connectivity index is 1.95. The molecule has 2 aromatic heterocycles. The van der Waals surface area contributed by atoms with E-state index in [4.69, 9.17) is 0 Å². The number of aromatic amines is 1. The number of H-pyrrole nitrogens is 1. The lowest BCUT2D eigenvalue weighted by Gasteiger charge is -2.01. The van der Waals surface area contributed by atoms with Gasteiger partial charge in [0, 0.05) is 6.20 Å². The van der Waals surface area contributed by atoms with E-state index >= 15 is 0 Å². The molecule has 0 saturated heterocycles. The summed E-state index contributed by atoms with van der Waals surface area (Å²) >= 11 is 0. The summed E-state index contributed by atoms with van der Waals surface area (Å²) in [5.41, 5.74) is 0.915. The minimum absolute atomic E-state index is 0.390. The lowest BCUT2D eigenvalue weighted by Crippen LogP contribution is -2.03. The third kappa shape index (κ3) is 2.03. The molecule has 0 aromatic carbocycles. The van der Waals surface area contributed by atoms with Gasteiger partial charge in [0.05, 0.1) is 24.6 Å². The molecule has 2 rings (SSSR count). The summed E-state index contributed by atoms with van der Waals surface area (Å²) in [6, 6.07) is 1.83. The van der Waals surface area contributed by atoms with Crippen molar-refractivity contribution in [3.63, 3.8) is 0 Å². The zero-order chi connectivity index (χ0) is 9.80. The summed E-state index contributed by atoms with van der Waals surface area (Å²) in [6.45, 7) is 0.533. The molecule has 0 aliphatic rings. The normalized spacial score (nSPS) is 10.1. The fourth-order valence-corrected chi connectivity index (χ4v) is 0.961. The van der Waals surface area contributed by atoms with Gasteiger partial charge in [0.25, 0.3) is 0 Å². The van der Waals surface area contributed by atoms with Crippen LogP contribution < -0.4 is 5.32 Å². The van der Waals surface area contributed by atoms with Crippen LogP contribution in [0.15, 0.2) is 24.7 Å². The van der Waals surface area contributed by atoms with Crippen LogP contribution in [0.5, 0.6) is 0 Å². The van der Waals surface area contributed by atoms with E-state index in [1.54, 1.807) is 6.20 Å². The fraction of sp³-hybridized carbons (Fsp3) is 0.125. The first kappa shape index (κ1) is 8.61. The minimum atomic E-state index is -0.447. The third-order valence-corrected chi connectivity index (χ3v) is 1.62. The largest absolute Gasteiger partial charge is 0.349 e. The number of anilines is 1. The Kier molecular flexibility index (Phi) is 2.35. The molecule has 0 radical (unpaired) electrons. The summed E-state index contributed by atoms with van der Waals surface area (Å²) in [7, 11) is 0. The van der Waals surface area contributed by atoms with Gasteiger partial charge in [0.2, 0.25) is 5.95 Å². The molecule has 14 heavy (non-hydrogen) atoms. The van der Waals surface area contributed by atoms with E-state index in [-0.39, 0.29) is 0 Å². The zero-order valence-electron chi connectivity index (χ0n) is 7.24. The second kappa shape index (κ2) is 3.82. The van der Waals surface area contributed by atoms with Crippen LogP contribution in [-0.4, -0.2) is 20.2 Å². The van der Waals surface area contributed by atoms with Crippen molar-refractivity contribution in [1.29, 1.82) is 0 Å². The molecule has 0 fully saturated rings. The lowest BCUT2D eigenvalue weighted by molar-refractivity contribution is 0.614. The van der Waals surface area contributed by atoms with E-state index in [0.717, 1.165) is 18.1 Å². The molecule has 6 heteroatoms. The maximum Gasteiger partial charge on any atom is 0.223 e. The molecule has 0 unspecified atom stereocenters. The molecule has 72 valence electrons. The van der Waals surface area contributed by atoms with Crippen molar-refractivity contribution in [2.75, 3.05) is 5.32 Å². The van der Waals surface area contributed by atoms with Crippen molar-refractivity contribution in [3.8, 4) is 0 Å². The van der Waals surface area contributed by atoms with Crippen molar-refractivity contribution in [2.45, 2.75) is 6.54 Å². The van der Waals surface area contributed by atoms with E-state index < -0.39 is 5.82 Å². The van der Waals surface area contributed by atoms with Crippen LogP contribution in [0.3, 0.4) is 0 Å². The first-order valence-electron chi connectivity index (χ1n) is 4.04. The molecule has 0 aliphatic carbocycles. The molecule has 0 bridgehead atoms. The van der Waals surface area contributed by atoms with Crippen molar-refractivity contribution < 1.29 is 4.39 Å². The Bertz CT molecular complexity index is 383. The van der Waals surface area contributed by atoms with E-state index in [1.165, 1.54) is 0 Å². The van der Waals surface area contributed by atoms with E-state index in [1.807, 2.05) is 6.07 Å². The summed E-state index contributed by atoms with van der Waals surface area (Å²) < 4.78 is 12.4. The summed E-state index contributed by atoms with van der Waals surface area (Å²) in [6.07, 6.45) is 3.88. The second-order valence-corrected chi connectivity index (χ2v) is 2.66. The van der Waals surface area contributed by atoms with E-state index in [9.17, 15) is 4.39 Å². The van der Waals surface area contributed by atoms with Crippen molar-refractivity contribution in [3.05, 3.63) is 36.2 Å². The zero-order valence-corrected chi connectivity index (χ0v) is 7.24. The Morgan fingerprint density at radius 1 is 1.36 bits per heavy atom. The van der Waals surface area contributed by atoms with Crippen LogP contribution in [0.1, 0.15) is 5.69 Å². The summed E-state index contributed by atoms with van der Waals surface area (Å²) in [5.74, 6) is -0.0573. The Morgan fingerprint density at radius 2 is 2.14 bits per heavy atom. The molecular formula is C8H8FN5. The van der Waals surface area contributed by atoms with E-state index in [0.29, 0.717) is 12.5 Å². The highest BCUT2D eigenvalue weighted by Gasteiger charge is 1.97. The third-order valence-electron chi connectivity index (χ3n) is 1.62. The molecular weight excluding hydrogens is 185 g/mol. The second-order valence-electron chi connectivity index (χ2n) is 2.66. The number of aromatic nitrogens is 4. The van der Waals surface area contributed by atoms with E-state index in [2.05, 4.69) is 25.5 Å². The summed E-state index contributed by atoms with van der Waals surface area (Å²) in [5, 5.41) is 9.47. The summed E-state index contributed by atoms with van der Waals surface area (Å²) in [4.78, 5) is 7.49. The van der Waals surface area contributed by atoms with Gasteiger partial charge in [-0.3, -0.25) is 5.10 Å². The molecule has 2 aromatic rings. The maximum atomic E-state index is 12.4. The van der Waals surface area contributed by atoms with Crippen molar-refractivity contribution >= 4 is 5.95 Å². The van der Waals surface area contributed by atoms with Gasteiger partial charge in [0.15, 0.2) is 5.82 Å². The lowest BCUT2D eigenvalue weighted by atomic mass is 10.4. The smallest absolute Gasteiger partial charge is 0.223 e. The minimum Gasteiger partial charge on any atom is -0.349 e. The number of hydrogen-bond acceptors (Lipinski definition) is 4. The van der Waals surface area contributed by atoms with Gasteiger partial charge in [-0.05, 0) is 6.07 Å². The van der Waals surface area contributed by atoms with Crippen molar-refractivity contribution in [2.24, 2.45) is 0 Å². The topological polar surface area (TPSA) is 66.5 Å². The van der Waals surface area contributed by atoms with Gasteiger partial charge >= 0.3 is 0 Å². The van der Waals surface area contributed by atoms with Crippen LogP contribution in [0, 0.1) is 5.82 Å². The molecule has 2 heterocycles. The Labute approximate surface area is 79.4 Å². The van der Waals surface area contributed by atoms with Gasteiger partial charge in [-0.15, -0.1) is 0 Å². The first-order valence-corrected chi connectivity index (χ1v) is 4.04. The number of nitrogens with one attached hydrogen (secondary N) is 2. The predicted octanol–water partition coefficient (Wildman–Crippen LogP) is 0.951. The SMILES string of the molecule is Fc1cnc(NCc2ccn[nH]2)nc1. The molecule has 0 spiro atoms. The molecule has 0 aliphatic heterocycles. The number of hydrogen-bond donors (Lipinski definition) is 2. The van der Waals surface area contributed by atoms with Crippen LogP contribution in [0.4, 0.5) is 10.3 Å². The maximum absolute atomic E-state index is 12.4. The van der Waals surface area contributed by atoms with Crippen LogP contribution in [0.2, 0.25) is 0 Å². The molecule has 0 saturated carbocycles. The van der Waals surface area contributed by atoms with Crippen LogP contribution in [-0.2, 0) is 6.54 Å². The number of nitrogens with zero attached hydrogens (tertiary/aromatic N) is 3. The molecule has 0 atom stereocenters. The van der Waals surface area contributed by atoms with Crippen LogP contribution in [0.25, 0.3) is 0 Å². The highest BCUT2D eigenvalue weighted by atomic mass is 19.1. The highest BCUT2D eigenvalue weighted by molar-refractivity contribution is 5.23. The number of rotatable bonds is 3. The molecule has 5 nitrogen and oxygen atoms in total. The fourth-order valence-electron chi connectivity index (χ4n) is 0.961. The van der Waals surface area contributed by atoms with Gasteiger partial charge in [-0.25, -0.2) is 14.4 Å². The van der Waals surface area contributed by atoms with Crippen molar-refractivity contribution in [1.82, 2.24) is 20.2 Å². The van der Waals surface area contributed by atoms with Gasteiger partial charge in [0.1, 0.15) is 0 Å².